The lowest BCUT2D eigenvalue weighted by Crippen LogP contribution is -2.00. The maximum atomic E-state index is 5.21. The molecule has 0 spiro atoms. The molecule has 0 amide bonds. The second-order valence-electron chi connectivity index (χ2n) is 3.67. The van der Waals surface area contributed by atoms with Crippen LogP contribution in [0.4, 0.5) is 0 Å². The molecule has 0 aliphatic rings. The second kappa shape index (κ2) is 3.59. The van der Waals surface area contributed by atoms with Gasteiger partial charge in [-0.25, -0.2) is 0 Å². The molecule has 0 nitrogen and oxygen atoms in total. The average Bonchev–Trinajstić information content (AvgIpc) is 2.07. The highest BCUT2D eigenvalue weighted by Crippen LogP contribution is 2.21. The van der Waals surface area contributed by atoms with E-state index in [2.05, 4.69) is 33.8 Å². The molecular formula is C12H16S. The molecule has 0 aromatic heterocycles. The fourth-order valence-electron chi connectivity index (χ4n) is 1.58. The van der Waals surface area contributed by atoms with Crippen LogP contribution in [0.2, 0.25) is 0 Å². The standard InChI is InChI=1S/C12H16S/c1-7-6-12(11(5)13)10(4)9(3)8(7)2/h6H,1-5H3. The summed E-state index contributed by atoms with van der Waals surface area (Å²) in [6.07, 6.45) is 0. The summed E-state index contributed by atoms with van der Waals surface area (Å²) in [4.78, 5) is 0.990. The summed E-state index contributed by atoms with van der Waals surface area (Å²) in [5.74, 6) is 0. The Hall–Kier alpha value is -0.690. The first-order valence-electron chi connectivity index (χ1n) is 4.53. The Bertz CT molecular complexity index is 362. The number of aryl methyl sites for hydroxylation is 1. The maximum Gasteiger partial charge on any atom is 0.0196 e. The van der Waals surface area contributed by atoms with Crippen LogP contribution in [0.25, 0.3) is 0 Å². The summed E-state index contributed by atoms with van der Waals surface area (Å²) in [7, 11) is 0. The lowest BCUT2D eigenvalue weighted by atomic mass is 9.93. The lowest BCUT2D eigenvalue weighted by Gasteiger charge is -2.13. The van der Waals surface area contributed by atoms with Gasteiger partial charge in [0, 0.05) is 4.86 Å². The van der Waals surface area contributed by atoms with Crippen LogP contribution in [0.5, 0.6) is 0 Å². The largest absolute Gasteiger partial charge is 0.0846 e. The van der Waals surface area contributed by atoms with Crippen LogP contribution in [0.1, 0.15) is 34.7 Å². The van der Waals surface area contributed by atoms with Gasteiger partial charge in [-0.1, -0.05) is 18.3 Å². The van der Waals surface area contributed by atoms with Crippen molar-refractivity contribution in [3.8, 4) is 0 Å². The summed E-state index contributed by atoms with van der Waals surface area (Å²) in [6, 6.07) is 2.19. The van der Waals surface area contributed by atoms with Crippen LogP contribution in [0.3, 0.4) is 0 Å². The van der Waals surface area contributed by atoms with E-state index in [1.54, 1.807) is 0 Å². The SMILES string of the molecule is CC(=S)c1cc(C)c(C)c(C)c1C. The van der Waals surface area contributed by atoms with E-state index in [9.17, 15) is 0 Å². The van der Waals surface area contributed by atoms with Gasteiger partial charge in [0.2, 0.25) is 0 Å². The first-order chi connectivity index (χ1) is 5.95. The van der Waals surface area contributed by atoms with Crippen molar-refractivity contribution in [2.24, 2.45) is 0 Å². The quantitative estimate of drug-likeness (QED) is 0.483. The normalized spacial score (nSPS) is 10.2. The second-order valence-corrected chi connectivity index (χ2v) is 4.28. The molecule has 0 bridgehead atoms. The van der Waals surface area contributed by atoms with Gasteiger partial charge < -0.3 is 0 Å². The number of hydrogen-bond acceptors (Lipinski definition) is 1. The number of rotatable bonds is 1. The fourth-order valence-corrected chi connectivity index (χ4v) is 1.79. The summed E-state index contributed by atoms with van der Waals surface area (Å²) in [5, 5.41) is 0. The average molecular weight is 192 g/mol. The molecule has 0 saturated heterocycles. The van der Waals surface area contributed by atoms with Crippen LogP contribution in [0, 0.1) is 27.7 Å². The highest BCUT2D eigenvalue weighted by atomic mass is 32.1. The molecule has 70 valence electrons. The van der Waals surface area contributed by atoms with Crippen molar-refractivity contribution in [1.82, 2.24) is 0 Å². The van der Waals surface area contributed by atoms with Gasteiger partial charge in [-0.3, -0.25) is 0 Å². The monoisotopic (exact) mass is 192 g/mol. The molecule has 0 N–H and O–H groups in total. The van der Waals surface area contributed by atoms with E-state index in [0.29, 0.717) is 0 Å². The minimum atomic E-state index is 0.990. The molecule has 0 unspecified atom stereocenters. The third kappa shape index (κ3) is 1.80. The smallest absolute Gasteiger partial charge is 0.0196 e. The lowest BCUT2D eigenvalue weighted by molar-refractivity contribution is 1.21. The third-order valence-corrected chi connectivity index (χ3v) is 3.08. The minimum Gasteiger partial charge on any atom is -0.0846 e. The first kappa shape index (κ1) is 10.4. The van der Waals surface area contributed by atoms with E-state index in [4.69, 9.17) is 12.2 Å². The van der Waals surface area contributed by atoms with E-state index in [1.807, 2.05) is 6.92 Å². The Morgan fingerprint density at radius 2 is 1.54 bits per heavy atom. The van der Waals surface area contributed by atoms with Crippen molar-refractivity contribution in [2.45, 2.75) is 34.6 Å². The predicted octanol–water partition coefficient (Wildman–Crippen LogP) is 3.66. The fraction of sp³-hybridized carbons (Fsp3) is 0.417. The van der Waals surface area contributed by atoms with Crippen molar-refractivity contribution in [1.29, 1.82) is 0 Å². The van der Waals surface area contributed by atoms with E-state index in [-0.39, 0.29) is 0 Å². The molecule has 0 atom stereocenters. The number of thiocarbonyl (C=S) groups is 1. The molecule has 0 saturated carbocycles. The summed E-state index contributed by atoms with van der Waals surface area (Å²) < 4.78 is 0. The van der Waals surface area contributed by atoms with Gasteiger partial charge >= 0.3 is 0 Å². The Morgan fingerprint density at radius 1 is 1.00 bits per heavy atom. The minimum absolute atomic E-state index is 0.990. The van der Waals surface area contributed by atoms with Crippen molar-refractivity contribution in [2.75, 3.05) is 0 Å². The van der Waals surface area contributed by atoms with Crippen LogP contribution >= 0.6 is 12.2 Å². The van der Waals surface area contributed by atoms with E-state index in [1.165, 1.54) is 27.8 Å². The van der Waals surface area contributed by atoms with Gasteiger partial charge in [-0.15, -0.1) is 0 Å². The number of hydrogen-bond donors (Lipinski definition) is 0. The van der Waals surface area contributed by atoms with Gasteiger partial charge in [-0.2, -0.15) is 0 Å². The molecule has 1 aromatic carbocycles. The van der Waals surface area contributed by atoms with Crippen LogP contribution < -0.4 is 0 Å². The molecule has 0 aliphatic heterocycles. The van der Waals surface area contributed by atoms with E-state index < -0.39 is 0 Å². The van der Waals surface area contributed by atoms with Gasteiger partial charge in [0.1, 0.15) is 0 Å². The van der Waals surface area contributed by atoms with Gasteiger partial charge in [-0.05, 0) is 62.4 Å². The Balaban J connectivity index is 3.50. The van der Waals surface area contributed by atoms with Gasteiger partial charge in [0.25, 0.3) is 0 Å². The van der Waals surface area contributed by atoms with Crippen LogP contribution in [-0.4, -0.2) is 4.86 Å². The molecule has 1 heteroatoms. The highest BCUT2D eigenvalue weighted by molar-refractivity contribution is 7.80. The summed E-state index contributed by atoms with van der Waals surface area (Å²) in [5.41, 5.74) is 6.66. The van der Waals surface area contributed by atoms with Crippen LogP contribution in [0.15, 0.2) is 6.07 Å². The zero-order valence-corrected chi connectivity index (χ0v) is 9.80. The molecule has 0 radical (unpaired) electrons. The molecule has 0 aliphatic carbocycles. The topological polar surface area (TPSA) is 0 Å². The van der Waals surface area contributed by atoms with Crippen molar-refractivity contribution < 1.29 is 0 Å². The van der Waals surface area contributed by atoms with Crippen molar-refractivity contribution in [3.63, 3.8) is 0 Å². The van der Waals surface area contributed by atoms with E-state index in [0.717, 1.165) is 4.86 Å². The Labute approximate surface area is 86.0 Å². The maximum absolute atomic E-state index is 5.21. The molecular weight excluding hydrogens is 176 g/mol. The van der Waals surface area contributed by atoms with Crippen molar-refractivity contribution in [3.05, 3.63) is 33.9 Å². The molecule has 1 aromatic rings. The molecule has 0 heterocycles. The zero-order valence-electron chi connectivity index (χ0n) is 8.99. The first-order valence-corrected chi connectivity index (χ1v) is 4.94. The third-order valence-electron chi connectivity index (χ3n) is 2.86. The Kier molecular flexibility index (Phi) is 2.87. The van der Waals surface area contributed by atoms with Crippen molar-refractivity contribution >= 4 is 17.1 Å². The predicted molar refractivity (Wildman–Crippen MR) is 62.8 cm³/mol. The highest BCUT2D eigenvalue weighted by Gasteiger charge is 2.07. The van der Waals surface area contributed by atoms with Gasteiger partial charge in [0.05, 0.1) is 0 Å². The number of benzene rings is 1. The Morgan fingerprint density at radius 3 is 2.00 bits per heavy atom. The van der Waals surface area contributed by atoms with E-state index >= 15 is 0 Å². The van der Waals surface area contributed by atoms with Crippen LogP contribution in [-0.2, 0) is 0 Å². The molecule has 13 heavy (non-hydrogen) atoms. The molecule has 0 fully saturated rings. The zero-order chi connectivity index (χ0) is 10.2. The molecule has 1 rings (SSSR count). The van der Waals surface area contributed by atoms with Gasteiger partial charge in [0.15, 0.2) is 0 Å². The summed E-state index contributed by atoms with van der Waals surface area (Å²) in [6.45, 7) is 10.6. The summed E-state index contributed by atoms with van der Waals surface area (Å²) >= 11 is 5.21.